The minimum atomic E-state index is -0.0723. The van der Waals surface area contributed by atoms with Crippen molar-refractivity contribution in [1.82, 2.24) is 9.97 Å². The van der Waals surface area contributed by atoms with Gasteiger partial charge in [0.25, 0.3) is 0 Å². The van der Waals surface area contributed by atoms with Crippen molar-refractivity contribution in [3.8, 4) is 23.1 Å². The second-order valence-corrected chi connectivity index (χ2v) is 7.21. The number of aliphatic hydroxyl groups is 1. The fourth-order valence-electron chi connectivity index (χ4n) is 3.48. The summed E-state index contributed by atoms with van der Waals surface area (Å²) in [6, 6.07) is 18.2. The molecule has 0 unspecified atom stereocenters. The highest BCUT2D eigenvalue weighted by atomic mass is 16.5. The largest absolute Gasteiger partial charge is 0.475 e. The molecule has 0 aliphatic heterocycles. The van der Waals surface area contributed by atoms with Crippen LogP contribution in [0.5, 0.6) is 5.88 Å². The molecular weight excluding hydrogens is 374 g/mol. The molecule has 0 saturated heterocycles. The molecule has 154 valence electrons. The van der Waals surface area contributed by atoms with Crippen LogP contribution in [0.15, 0.2) is 48.5 Å². The van der Waals surface area contributed by atoms with Gasteiger partial charge in [-0.15, -0.1) is 0 Å². The summed E-state index contributed by atoms with van der Waals surface area (Å²) < 4.78 is 5.74. The van der Waals surface area contributed by atoms with Gasteiger partial charge in [-0.05, 0) is 42.5 Å². The van der Waals surface area contributed by atoms with E-state index in [1.54, 1.807) is 0 Å². The monoisotopic (exact) mass is 401 g/mol. The van der Waals surface area contributed by atoms with Crippen LogP contribution in [0.25, 0.3) is 11.1 Å². The Bertz CT molecular complexity index is 997. The van der Waals surface area contributed by atoms with E-state index in [1.807, 2.05) is 55.5 Å². The van der Waals surface area contributed by atoms with Crippen LogP contribution in [0.2, 0.25) is 0 Å². The predicted molar refractivity (Wildman–Crippen MR) is 117 cm³/mol. The third kappa shape index (κ3) is 5.22. The van der Waals surface area contributed by atoms with Crippen LogP contribution in [0.3, 0.4) is 0 Å². The topological polar surface area (TPSA) is 79.0 Å². The molecule has 5 nitrogen and oxygen atoms in total. The second-order valence-electron chi connectivity index (χ2n) is 7.21. The summed E-state index contributed by atoms with van der Waals surface area (Å²) in [6.07, 6.45) is 3.51. The fraction of sp³-hybridized carbons (Fsp3) is 0.320. The fourth-order valence-corrected chi connectivity index (χ4v) is 3.48. The molecule has 0 atom stereocenters. The van der Waals surface area contributed by atoms with E-state index in [0.717, 1.165) is 47.2 Å². The molecule has 0 saturated carbocycles. The predicted octanol–water partition coefficient (Wildman–Crippen LogP) is 4.63. The Kier molecular flexibility index (Phi) is 7.53. The van der Waals surface area contributed by atoms with Crippen molar-refractivity contribution in [1.29, 1.82) is 5.26 Å². The van der Waals surface area contributed by atoms with E-state index in [-0.39, 0.29) is 13.2 Å². The Labute approximate surface area is 178 Å². The van der Waals surface area contributed by atoms with Crippen LogP contribution in [0.1, 0.15) is 48.0 Å². The number of aromatic nitrogens is 2. The summed E-state index contributed by atoms with van der Waals surface area (Å²) in [7, 11) is 0. The standard InChI is InChI=1S/C25H27N3O2/c1-3-4-10-24-23(25(30-14-13-29)28-18(2)27-24)16-19-11-12-22(21(15-19)17-26)20-8-6-5-7-9-20/h5-9,11-12,15,29H,3-4,10,13-14,16H2,1-2H3. The van der Waals surface area contributed by atoms with Gasteiger partial charge in [-0.3, -0.25) is 0 Å². The van der Waals surface area contributed by atoms with Crippen molar-refractivity contribution in [3.63, 3.8) is 0 Å². The maximum absolute atomic E-state index is 9.72. The van der Waals surface area contributed by atoms with E-state index in [1.165, 1.54) is 0 Å². The van der Waals surface area contributed by atoms with Crippen molar-refractivity contribution in [2.45, 2.75) is 39.5 Å². The number of nitrogens with zero attached hydrogens (tertiary/aromatic N) is 3. The number of ether oxygens (including phenoxy) is 1. The van der Waals surface area contributed by atoms with Gasteiger partial charge in [-0.25, -0.2) is 4.98 Å². The molecule has 1 heterocycles. The Morgan fingerprint density at radius 3 is 2.60 bits per heavy atom. The summed E-state index contributed by atoms with van der Waals surface area (Å²) in [6.45, 7) is 4.12. The van der Waals surface area contributed by atoms with Crippen LogP contribution >= 0.6 is 0 Å². The number of hydrogen-bond acceptors (Lipinski definition) is 5. The van der Waals surface area contributed by atoms with Crippen LogP contribution in [0.4, 0.5) is 0 Å². The van der Waals surface area contributed by atoms with E-state index < -0.39 is 0 Å². The highest BCUT2D eigenvalue weighted by molar-refractivity contribution is 5.71. The maximum Gasteiger partial charge on any atom is 0.220 e. The molecule has 0 radical (unpaired) electrons. The summed E-state index contributed by atoms with van der Waals surface area (Å²) >= 11 is 0. The summed E-state index contributed by atoms with van der Waals surface area (Å²) in [5, 5.41) is 18.9. The van der Waals surface area contributed by atoms with Gasteiger partial charge in [0.15, 0.2) is 0 Å². The Hall–Kier alpha value is -3.23. The van der Waals surface area contributed by atoms with Gasteiger partial charge in [-0.2, -0.15) is 10.2 Å². The Morgan fingerprint density at radius 2 is 1.90 bits per heavy atom. The molecule has 5 heteroatoms. The quantitative estimate of drug-likeness (QED) is 0.566. The van der Waals surface area contributed by atoms with Gasteiger partial charge in [0, 0.05) is 12.0 Å². The van der Waals surface area contributed by atoms with Gasteiger partial charge >= 0.3 is 0 Å². The van der Waals surface area contributed by atoms with Crippen molar-refractivity contribution in [2.75, 3.05) is 13.2 Å². The minimum Gasteiger partial charge on any atom is -0.475 e. The summed E-state index contributed by atoms with van der Waals surface area (Å²) in [4.78, 5) is 9.14. The van der Waals surface area contributed by atoms with Crippen molar-refractivity contribution < 1.29 is 9.84 Å². The molecule has 1 aromatic heterocycles. The van der Waals surface area contributed by atoms with Crippen LogP contribution in [0, 0.1) is 18.3 Å². The molecule has 0 fully saturated rings. The first-order valence-corrected chi connectivity index (χ1v) is 10.3. The number of rotatable bonds is 9. The van der Waals surface area contributed by atoms with E-state index in [9.17, 15) is 10.4 Å². The van der Waals surface area contributed by atoms with Crippen molar-refractivity contribution >= 4 is 0 Å². The maximum atomic E-state index is 9.72. The summed E-state index contributed by atoms with van der Waals surface area (Å²) in [5.74, 6) is 1.18. The zero-order valence-electron chi connectivity index (χ0n) is 17.6. The van der Waals surface area contributed by atoms with Crippen LogP contribution in [-0.4, -0.2) is 28.3 Å². The van der Waals surface area contributed by atoms with Crippen LogP contribution in [-0.2, 0) is 12.8 Å². The van der Waals surface area contributed by atoms with Crippen molar-refractivity contribution in [3.05, 3.63) is 76.7 Å². The molecule has 0 amide bonds. The lowest BCUT2D eigenvalue weighted by atomic mass is 9.95. The second kappa shape index (κ2) is 10.5. The van der Waals surface area contributed by atoms with E-state index in [2.05, 4.69) is 23.0 Å². The Balaban J connectivity index is 1.99. The van der Waals surface area contributed by atoms with E-state index in [0.29, 0.717) is 23.7 Å². The highest BCUT2D eigenvalue weighted by Gasteiger charge is 2.16. The Morgan fingerprint density at radius 1 is 1.10 bits per heavy atom. The third-order valence-corrected chi connectivity index (χ3v) is 4.93. The lowest BCUT2D eigenvalue weighted by Crippen LogP contribution is -2.11. The van der Waals surface area contributed by atoms with E-state index in [4.69, 9.17) is 4.74 Å². The molecule has 3 aromatic rings. The molecule has 3 rings (SSSR count). The van der Waals surface area contributed by atoms with Gasteiger partial charge in [0.1, 0.15) is 12.4 Å². The van der Waals surface area contributed by atoms with E-state index >= 15 is 0 Å². The van der Waals surface area contributed by atoms with Gasteiger partial charge in [0.2, 0.25) is 5.88 Å². The first-order valence-electron chi connectivity index (χ1n) is 10.3. The smallest absolute Gasteiger partial charge is 0.220 e. The zero-order chi connectivity index (χ0) is 21.3. The average molecular weight is 402 g/mol. The molecule has 30 heavy (non-hydrogen) atoms. The zero-order valence-corrected chi connectivity index (χ0v) is 17.6. The number of aliphatic hydroxyl groups excluding tert-OH is 1. The normalized spacial score (nSPS) is 10.6. The highest BCUT2D eigenvalue weighted by Crippen LogP contribution is 2.28. The van der Waals surface area contributed by atoms with Crippen LogP contribution < -0.4 is 4.74 Å². The van der Waals surface area contributed by atoms with Crippen molar-refractivity contribution in [2.24, 2.45) is 0 Å². The SMILES string of the molecule is CCCCc1nc(C)nc(OCCO)c1Cc1ccc(-c2ccccc2)c(C#N)c1. The lowest BCUT2D eigenvalue weighted by Gasteiger charge is -2.15. The molecule has 0 aliphatic carbocycles. The average Bonchev–Trinajstić information content (AvgIpc) is 2.78. The minimum absolute atomic E-state index is 0.0723. The van der Waals surface area contributed by atoms with Gasteiger partial charge < -0.3 is 9.84 Å². The third-order valence-electron chi connectivity index (χ3n) is 4.93. The number of nitriles is 1. The molecule has 2 aromatic carbocycles. The first-order chi connectivity index (χ1) is 14.7. The molecule has 0 aliphatic rings. The molecular formula is C25H27N3O2. The number of aryl methyl sites for hydroxylation is 2. The number of unbranched alkanes of at least 4 members (excludes halogenated alkanes) is 1. The number of hydrogen-bond donors (Lipinski definition) is 1. The summed E-state index contributed by atoms with van der Waals surface area (Å²) in [5.41, 5.74) is 5.49. The van der Waals surface area contributed by atoms with Gasteiger partial charge in [-0.1, -0.05) is 55.8 Å². The number of benzene rings is 2. The van der Waals surface area contributed by atoms with Gasteiger partial charge in [0.05, 0.1) is 23.9 Å². The molecule has 0 spiro atoms. The molecule has 0 bridgehead atoms. The first kappa shape index (κ1) is 21.5. The molecule has 1 N–H and O–H groups in total. The lowest BCUT2D eigenvalue weighted by molar-refractivity contribution is 0.195.